The van der Waals surface area contributed by atoms with Gasteiger partial charge in [-0.25, -0.2) is 0 Å². The number of hydrogen-bond donors (Lipinski definition) is 0. The monoisotopic (exact) mass is 918 g/mol. The molecular formula is C70H50N2. The second kappa shape index (κ2) is 16.2. The molecule has 1 aliphatic carbocycles. The first-order valence-electron chi connectivity index (χ1n) is 25.7. The van der Waals surface area contributed by atoms with Crippen molar-refractivity contribution in [3.05, 3.63) is 281 Å². The van der Waals surface area contributed by atoms with Gasteiger partial charge in [-0.15, -0.1) is 0 Å². The van der Waals surface area contributed by atoms with Crippen molar-refractivity contribution in [3.8, 4) is 11.1 Å². The van der Waals surface area contributed by atoms with Crippen LogP contribution in [0.25, 0.3) is 66.4 Å². The van der Waals surface area contributed by atoms with E-state index in [0.717, 1.165) is 32.2 Å². The molecule has 0 spiro atoms. The minimum atomic E-state index is -0.517. The van der Waals surface area contributed by atoms with Gasteiger partial charge in [0.25, 0.3) is 0 Å². The second-order valence-corrected chi connectivity index (χ2v) is 20.1. The van der Waals surface area contributed by atoms with Crippen molar-refractivity contribution in [1.29, 1.82) is 0 Å². The standard InChI is InChI=1S/C70H50N2/c1-3-20-51(21-4-1)70(52-22-5-2-6-23-52)62-44-46(32-38-55(62)56-40-37-53(45-63(56)70)71-43-15-19-48-16-7-10-28-64(48)71)31-33-47-36-39-59-58-26-14-27-61-67(42-41-60(69(58)61)57-25-13-24-54(47)68(57)59)72-65-29-11-8-17-49(65)34-35-50-18-9-12-30-66(50)72/h1-14,16-18,20-33,36-42,44-45H,15,19,34-35,43H2/b33-31+. The van der Waals surface area contributed by atoms with Crippen molar-refractivity contribution in [3.63, 3.8) is 0 Å². The van der Waals surface area contributed by atoms with Gasteiger partial charge in [0.15, 0.2) is 0 Å². The van der Waals surface area contributed by atoms with E-state index in [1.165, 1.54) is 133 Å². The van der Waals surface area contributed by atoms with E-state index in [2.05, 4.69) is 252 Å². The molecule has 3 aliphatic rings. The van der Waals surface area contributed by atoms with Crippen LogP contribution in [0.1, 0.15) is 56.5 Å². The maximum atomic E-state index is 2.54. The Hall–Kier alpha value is -8.72. The Kier molecular flexibility index (Phi) is 9.23. The molecule has 12 aromatic carbocycles. The molecule has 0 saturated heterocycles. The molecule has 340 valence electrons. The van der Waals surface area contributed by atoms with E-state index in [1.54, 1.807) is 0 Å². The van der Waals surface area contributed by atoms with Crippen LogP contribution >= 0.6 is 0 Å². The maximum Gasteiger partial charge on any atom is 0.0714 e. The van der Waals surface area contributed by atoms with Crippen LogP contribution in [0.5, 0.6) is 0 Å². The van der Waals surface area contributed by atoms with Crippen molar-refractivity contribution >= 4 is 83.7 Å². The first-order chi connectivity index (χ1) is 35.7. The molecule has 0 unspecified atom stereocenters. The van der Waals surface area contributed by atoms with E-state index in [-0.39, 0.29) is 0 Å². The summed E-state index contributed by atoms with van der Waals surface area (Å²) in [4.78, 5) is 5.07. The number of benzene rings is 12. The van der Waals surface area contributed by atoms with Gasteiger partial charge in [-0.05, 0) is 167 Å². The Morgan fingerprint density at radius 3 is 1.57 bits per heavy atom. The Bertz CT molecular complexity index is 4040. The van der Waals surface area contributed by atoms with Crippen LogP contribution in [0.3, 0.4) is 0 Å². The predicted molar refractivity (Wildman–Crippen MR) is 304 cm³/mol. The summed E-state index contributed by atoms with van der Waals surface area (Å²) < 4.78 is 0. The highest BCUT2D eigenvalue weighted by Crippen LogP contribution is 2.58. The first kappa shape index (κ1) is 41.1. The molecule has 72 heavy (non-hydrogen) atoms. The topological polar surface area (TPSA) is 6.48 Å². The first-order valence-corrected chi connectivity index (χ1v) is 25.7. The van der Waals surface area contributed by atoms with E-state index in [4.69, 9.17) is 0 Å². The minimum absolute atomic E-state index is 0.517. The molecule has 2 aliphatic heterocycles. The molecule has 0 fully saturated rings. The third-order valence-electron chi connectivity index (χ3n) is 16.5. The molecule has 2 nitrogen and oxygen atoms in total. The smallest absolute Gasteiger partial charge is 0.0714 e. The Balaban J connectivity index is 0.872. The molecule has 0 radical (unpaired) electrons. The van der Waals surface area contributed by atoms with E-state index in [9.17, 15) is 0 Å². The number of hydrogen-bond acceptors (Lipinski definition) is 2. The fraction of sp³-hybridized carbons (Fsp3) is 0.0857. The van der Waals surface area contributed by atoms with Gasteiger partial charge in [0, 0.05) is 34.7 Å². The van der Waals surface area contributed by atoms with Crippen LogP contribution in [0.2, 0.25) is 0 Å². The summed E-state index contributed by atoms with van der Waals surface area (Å²) >= 11 is 0. The van der Waals surface area contributed by atoms with Crippen molar-refractivity contribution in [2.45, 2.75) is 31.1 Å². The van der Waals surface area contributed by atoms with E-state index in [0.29, 0.717) is 0 Å². The van der Waals surface area contributed by atoms with Gasteiger partial charge < -0.3 is 9.80 Å². The molecule has 2 heterocycles. The summed E-state index contributed by atoms with van der Waals surface area (Å²) in [6, 6.07) is 87.1. The molecule has 0 N–H and O–H groups in total. The average Bonchev–Trinajstić information content (AvgIpc) is 3.63. The third kappa shape index (κ3) is 6.02. The lowest BCUT2D eigenvalue weighted by Crippen LogP contribution is -2.29. The summed E-state index contributed by atoms with van der Waals surface area (Å²) in [6.07, 6.45) is 8.99. The van der Waals surface area contributed by atoms with Crippen LogP contribution in [0, 0.1) is 0 Å². The molecule has 0 bridgehead atoms. The zero-order valence-corrected chi connectivity index (χ0v) is 40.0. The van der Waals surface area contributed by atoms with Crippen molar-refractivity contribution in [2.75, 3.05) is 16.3 Å². The van der Waals surface area contributed by atoms with Crippen LogP contribution in [0.15, 0.2) is 231 Å². The molecule has 12 aromatic rings. The summed E-state index contributed by atoms with van der Waals surface area (Å²) in [6.45, 7) is 1.01. The zero-order chi connectivity index (χ0) is 47.3. The van der Waals surface area contributed by atoms with Gasteiger partial charge in [0.2, 0.25) is 0 Å². The summed E-state index contributed by atoms with van der Waals surface area (Å²) in [5.74, 6) is 0. The molecule has 15 rings (SSSR count). The zero-order valence-electron chi connectivity index (χ0n) is 40.0. The summed E-state index contributed by atoms with van der Waals surface area (Å²) in [5, 5.41) is 10.4. The lowest BCUT2D eigenvalue weighted by atomic mass is 9.67. The number of nitrogens with zero attached hydrogens (tertiary/aromatic N) is 2. The quantitative estimate of drug-likeness (QED) is 0.0931. The van der Waals surface area contributed by atoms with Crippen molar-refractivity contribution in [1.82, 2.24) is 0 Å². The minimum Gasteiger partial charge on any atom is -0.341 e. The Labute approximate surface area is 420 Å². The van der Waals surface area contributed by atoms with Crippen molar-refractivity contribution in [2.24, 2.45) is 0 Å². The fourth-order valence-electron chi connectivity index (χ4n) is 13.4. The molecule has 0 atom stereocenters. The van der Waals surface area contributed by atoms with Gasteiger partial charge >= 0.3 is 0 Å². The molecule has 0 saturated carbocycles. The molecule has 0 amide bonds. The van der Waals surface area contributed by atoms with Gasteiger partial charge in [-0.1, -0.05) is 200 Å². The van der Waals surface area contributed by atoms with Crippen LogP contribution in [-0.4, -0.2) is 6.54 Å². The number of anilines is 5. The Morgan fingerprint density at radius 2 is 0.889 bits per heavy atom. The molecule has 0 aromatic heterocycles. The predicted octanol–water partition coefficient (Wildman–Crippen LogP) is 17.9. The van der Waals surface area contributed by atoms with Crippen LogP contribution in [0.4, 0.5) is 28.4 Å². The highest BCUT2D eigenvalue weighted by atomic mass is 15.2. The fourth-order valence-corrected chi connectivity index (χ4v) is 13.4. The highest BCUT2D eigenvalue weighted by molar-refractivity contribution is 6.35. The summed E-state index contributed by atoms with van der Waals surface area (Å²) in [7, 11) is 0. The normalized spacial score (nSPS) is 14.7. The Morgan fingerprint density at radius 1 is 0.361 bits per heavy atom. The second-order valence-electron chi connectivity index (χ2n) is 20.1. The highest BCUT2D eigenvalue weighted by Gasteiger charge is 2.46. The van der Waals surface area contributed by atoms with Crippen molar-refractivity contribution < 1.29 is 0 Å². The van der Waals surface area contributed by atoms with E-state index < -0.39 is 5.41 Å². The SMILES string of the molecule is C(=C\c1ccc2c3cccc4c(N5c6ccccc6CCc6ccccc65)ccc(c5cccc1c25)c43)/c1ccc2c(c1)C(c1ccccc1)(c1ccccc1)c1cc(N3CCCc4ccccc43)ccc1-2. The number of aryl methyl sites for hydroxylation is 3. The van der Waals surface area contributed by atoms with Gasteiger partial charge in [0.05, 0.1) is 11.1 Å². The maximum absolute atomic E-state index is 2.54. The average molecular weight is 919 g/mol. The third-order valence-corrected chi connectivity index (χ3v) is 16.5. The molecule has 2 heteroatoms. The summed E-state index contributed by atoms with van der Waals surface area (Å²) in [5.41, 5.74) is 20.2. The van der Waals surface area contributed by atoms with Gasteiger partial charge in [-0.2, -0.15) is 0 Å². The van der Waals surface area contributed by atoms with Crippen LogP contribution < -0.4 is 9.80 Å². The number of para-hydroxylation sites is 3. The van der Waals surface area contributed by atoms with Gasteiger partial charge in [-0.3, -0.25) is 0 Å². The largest absolute Gasteiger partial charge is 0.341 e. The van der Waals surface area contributed by atoms with Gasteiger partial charge in [0.1, 0.15) is 0 Å². The van der Waals surface area contributed by atoms with E-state index >= 15 is 0 Å². The molecular weight excluding hydrogens is 869 g/mol. The lowest BCUT2D eigenvalue weighted by Gasteiger charge is -2.36. The number of rotatable bonds is 6. The van der Waals surface area contributed by atoms with Crippen LogP contribution in [-0.2, 0) is 24.7 Å². The lowest BCUT2D eigenvalue weighted by molar-refractivity contribution is 0.756. The number of fused-ring (bicyclic) bond motifs is 8. The van der Waals surface area contributed by atoms with E-state index in [1.807, 2.05) is 0 Å².